The number of hydrogen-bond acceptors (Lipinski definition) is 3. The van der Waals surface area contributed by atoms with Crippen LogP contribution in [-0.4, -0.2) is 22.6 Å². The highest BCUT2D eigenvalue weighted by Gasteiger charge is 2.26. The lowest BCUT2D eigenvalue weighted by Crippen LogP contribution is -2.36. The molecule has 1 aliphatic carbocycles. The molecule has 0 saturated heterocycles. The van der Waals surface area contributed by atoms with Gasteiger partial charge in [-0.15, -0.1) is 0 Å². The summed E-state index contributed by atoms with van der Waals surface area (Å²) in [5.74, 6) is 0. The molecule has 15 heavy (non-hydrogen) atoms. The molecule has 1 aliphatic rings. The fourth-order valence-electron chi connectivity index (χ4n) is 2.23. The molecule has 0 radical (unpaired) electrons. The Kier molecular flexibility index (Phi) is 2.73. The monoisotopic (exact) mass is 209 g/mol. The lowest BCUT2D eigenvalue weighted by atomic mass is 10.2. The quantitative estimate of drug-likeness (QED) is 0.711. The van der Waals surface area contributed by atoms with E-state index in [0.29, 0.717) is 6.04 Å². The number of nitrogens with one attached hydrogen (secondary N) is 2. The molecule has 0 spiro atoms. The molecule has 2 unspecified atom stereocenters. The van der Waals surface area contributed by atoms with Crippen molar-refractivity contribution in [2.45, 2.75) is 31.3 Å². The molecular weight excluding hydrogens is 194 g/mol. The van der Waals surface area contributed by atoms with Gasteiger partial charge in [-0.1, -0.05) is 0 Å². The van der Waals surface area contributed by atoms with Gasteiger partial charge in [-0.05, 0) is 26.3 Å². The largest absolute Gasteiger partial charge is 0.328 e. The Balaban J connectivity index is 2.32. The van der Waals surface area contributed by atoms with Crippen molar-refractivity contribution in [2.75, 3.05) is 7.05 Å². The first kappa shape index (κ1) is 10.2. The first-order valence-electron chi connectivity index (χ1n) is 5.20. The van der Waals surface area contributed by atoms with E-state index in [9.17, 15) is 9.59 Å². The molecule has 2 rings (SSSR count). The summed E-state index contributed by atoms with van der Waals surface area (Å²) in [6.45, 7) is 0. The summed E-state index contributed by atoms with van der Waals surface area (Å²) in [5.41, 5.74) is -0.509. The average molecular weight is 209 g/mol. The van der Waals surface area contributed by atoms with Gasteiger partial charge in [-0.25, -0.2) is 4.79 Å². The average Bonchev–Trinajstić information content (AvgIpc) is 2.66. The van der Waals surface area contributed by atoms with Gasteiger partial charge in [0.2, 0.25) is 0 Å². The highest BCUT2D eigenvalue weighted by molar-refractivity contribution is 4.91. The normalized spacial score (nSPS) is 25.7. The number of H-pyrrole nitrogens is 1. The van der Waals surface area contributed by atoms with E-state index in [1.807, 2.05) is 7.05 Å². The Labute approximate surface area is 87.1 Å². The fourth-order valence-corrected chi connectivity index (χ4v) is 2.23. The minimum atomic E-state index is -0.302. The number of rotatable bonds is 2. The first-order valence-corrected chi connectivity index (χ1v) is 5.20. The Morgan fingerprint density at radius 2 is 2.27 bits per heavy atom. The van der Waals surface area contributed by atoms with Crippen LogP contribution in [0.4, 0.5) is 0 Å². The van der Waals surface area contributed by atoms with E-state index in [1.54, 1.807) is 0 Å². The molecule has 0 aliphatic heterocycles. The van der Waals surface area contributed by atoms with Crippen LogP contribution in [0.5, 0.6) is 0 Å². The number of nitrogens with zero attached hydrogens (tertiary/aromatic N) is 1. The number of hydrogen-bond donors (Lipinski definition) is 2. The van der Waals surface area contributed by atoms with Gasteiger partial charge in [0.1, 0.15) is 0 Å². The molecule has 0 amide bonds. The summed E-state index contributed by atoms with van der Waals surface area (Å²) in [7, 11) is 1.91. The molecular formula is C10H15N3O2. The minimum absolute atomic E-state index is 0.0416. The van der Waals surface area contributed by atoms with Crippen molar-refractivity contribution in [1.82, 2.24) is 14.9 Å². The van der Waals surface area contributed by atoms with Crippen molar-refractivity contribution in [3.05, 3.63) is 33.1 Å². The smallest absolute Gasteiger partial charge is 0.317 e. The lowest BCUT2D eigenvalue weighted by Gasteiger charge is -2.12. The molecule has 5 nitrogen and oxygen atoms in total. The zero-order valence-electron chi connectivity index (χ0n) is 8.69. The molecule has 0 bridgehead atoms. The van der Waals surface area contributed by atoms with Crippen LogP contribution in [0.2, 0.25) is 0 Å². The Bertz CT molecular complexity index is 420. The van der Waals surface area contributed by atoms with Gasteiger partial charge in [0.05, 0.1) is 0 Å². The molecule has 1 fully saturated rings. The summed E-state index contributed by atoms with van der Waals surface area (Å²) in [6, 6.07) is 1.86. The molecule has 0 aromatic carbocycles. The molecule has 1 aromatic heterocycles. The van der Waals surface area contributed by atoms with Crippen LogP contribution in [0, 0.1) is 0 Å². The Morgan fingerprint density at radius 1 is 1.47 bits per heavy atom. The molecule has 2 atom stereocenters. The van der Waals surface area contributed by atoms with Crippen LogP contribution in [0.15, 0.2) is 21.9 Å². The molecule has 1 heterocycles. The van der Waals surface area contributed by atoms with Crippen LogP contribution < -0.4 is 16.6 Å². The zero-order chi connectivity index (χ0) is 10.8. The third-order valence-corrected chi connectivity index (χ3v) is 3.07. The van der Waals surface area contributed by atoms with Crippen LogP contribution in [0.3, 0.4) is 0 Å². The van der Waals surface area contributed by atoms with Crippen molar-refractivity contribution in [1.29, 1.82) is 0 Å². The summed E-state index contributed by atoms with van der Waals surface area (Å²) in [6.07, 6.45) is 4.15. The van der Waals surface area contributed by atoms with E-state index in [0.717, 1.165) is 19.3 Å². The maximum atomic E-state index is 11.5. The second-order valence-electron chi connectivity index (χ2n) is 3.94. The van der Waals surface area contributed by atoms with Crippen LogP contribution in [0.25, 0.3) is 0 Å². The van der Waals surface area contributed by atoms with E-state index >= 15 is 0 Å². The highest BCUT2D eigenvalue weighted by Crippen LogP contribution is 2.27. The standard InChI is InChI=1S/C10H15N3O2/c1-11-7-2-3-8(6-7)13-9(14)4-5-12-10(13)15/h4-5,7-8,11H,2-3,6H2,1H3,(H,12,15). The van der Waals surface area contributed by atoms with Gasteiger partial charge >= 0.3 is 5.69 Å². The van der Waals surface area contributed by atoms with Gasteiger partial charge < -0.3 is 10.3 Å². The summed E-state index contributed by atoms with van der Waals surface area (Å²) in [5, 5.41) is 3.17. The van der Waals surface area contributed by atoms with Gasteiger partial charge in [-0.2, -0.15) is 0 Å². The first-order chi connectivity index (χ1) is 7.22. The van der Waals surface area contributed by atoms with E-state index in [1.165, 1.54) is 16.8 Å². The summed E-state index contributed by atoms with van der Waals surface area (Å²) < 4.78 is 1.33. The zero-order valence-corrected chi connectivity index (χ0v) is 8.69. The van der Waals surface area contributed by atoms with Crippen molar-refractivity contribution in [3.8, 4) is 0 Å². The summed E-state index contributed by atoms with van der Waals surface area (Å²) >= 11 is 0. The maximum absolute atomic E-state index is 11.5. The third-order valence-electron chi connectivity index (χ3n) is 3.07. The van der Waals surface area contributed by atoms with Crippen LogP contribution in [-0.2, 0) is 0 Å². The molecule has 2 N–H and O–H groups in total. The molecule has 1 aromatic rings. The highest BCUT2D eigenvalue weighted by atomic mass is 16.2. The lowest BCUT2D eigenvalue weighted by molar-refractivity contribution is 0.461. The van der Waals surface area contributed by atoms with Crippen molar-refractivity contribution >= 4 is 0 Å². The van der Waals surface area contributed by atoms with E-state index in [2.05, 4.69) is 10.3 Å². The van der Waals surface area contributed by atoms with Crippen molar-refractivity contribution < 1.29 is 0 Å². The van der Waals surface area contributed by atoms with Gasteiger partial charge in [-0.3, -0.25) is 9.36 Å². The van der Waals surface area contributed by atoms with Gasteiger partial charge in [0.15, 0.2) is 0 Å². The second-order valence-corrected chi connectivity index (χ2v) is 3.94. The number of aromatic amines is 1. The van der Waals surface area contributed by atoms with Crippen molar-refractivity contribution in [3.63, 3.8) is 0 Å². The molecule has 1 saturated carbocycles. The molecule has 5 heteroatoms. The molecule has 82 valence electrons. The predicted molar refractivity (Wildman–Crippen MR) is 57.1 cm³/mol. The maximum Gasteiger partial charge on any atom is 0.328 e. The topological polar surface area (TPSA) is 66.9 Å². The summed E-state index contributed by atoms with van der Waals surface area (Å²) in [4.78, 5) is 25.6. The van der Waals surface area contributed by atoms with E-state index in [-0.39, 0.29) is 17.3 Å². The second kappa shape index (κ2) is 4.02. The van der Waals surface area contributed by atoms with Crippen LogP contribution >= 0.6 is 0 Å². The van der Waals surface area contributed by atoms with Gasteiger partial charge in [0, 0.05) is 24.3 Å². The Morgan fingerprint density at radius 3 is 2.87 bits per heavy atom. The van der Waals surface area contributed by atoms with E-state index in [4.69, 9.17) is 0 Å². The number of aromatic nitrogens is 2. The minimum Gasteiger partial charge on any atom is -0.317 e. The van der Waals surface area contributed by atoms with Gasteiger partial charge in [0.25, 0.3) is 5.56 Å². The van der Waals surface area contributed by atoms with Crippen molar-refractivity contribution in [2.24, 2.45) is 0 Å². The SMILES string of the molecule is CNC1CCC(n2c(=O)cc[nH]c2=O)C1. The predicted octanol–water partition coefficient (Wildman–Crippen LogP) is -0.150. The fraction of sp³-hybridized carbons (Fsp3) is 0.600. The van der Waals surface area contributed by atoms with Crippen LogP contribution in [0.1, 0.15) is 25.3 Å². The third kappa shape index (κ3) is 1.87. The Hall–Kier alpha value is -1.36. The van der Waals surface area contributed by atoms with E-state index < -0.39 is 0 Å².